The summed E-state index contributed by atoms with van der Waals surface area (Å²) in [6, 6.07) is 12.3. The zero-order valence-corrected chi connectivity index (χ0v) is 10.7. The van der Waals surface area contributed by atoms with Gasteiger partial charge in [-0.1, -0.05) is 6.07 Å². The lowest BCUT2D eigenvalue weighted by Gasteiger charge is -2.21. The smallest absolute Gasteiger partial charge is 0.337 e. The third-order valence-electron chi connectivity index (χ3n) is 2.91. The SMILES string of the molecule is CN(c1cccc(C#N)c1)c1ccc(F)cc1C(=O)O. The molecule has 0 atom stereocenters. The molecule has 0 fully saturated rings. The first kappa shape index (κ1) is 13.6. The Morgan fingerprint density at radius 3 is 2.70 bits per heavy atom. The molecule has 2 aromatic rings. The van der Waals surface area contributed by atoms with Gasteiger partial charge >= 0.3 is 5.97 Å². The lowest BCUT2D eigenvalue weighted by atomic mass is 10.1. The van der Waals surface area contributed by atoms with E-state index < -0.39 is 11.8 Å². The Labute approximate surface area is 115 Å². The Balaban J connectivity index is 2.50. The summed E-state index contributed by atoms with van der Waals surface area (Å²) in [6.45, 7) is 0. The number of carboxylic acid groups (broad SMARTS) is 1. The van der Waals surface area contributed by atoms with Crippen LogP contribution in [-0.4, -0.2) is 18.1 Å². The highest BCUT2D eigenvalue weighted by Crippen LogP contribution is 2.28. The molecule has 0 radical (unpaired) electrons. The van der Waals surface area contributed by atoms with Crippen molar-refractivity contribution in [2.75, 3.05) is 11.9 Å². The molecule has 4 nitrogen and oxygen atoms in total. The maximum atomic E-state index is 13.2. The minimum atomic E-state index is -1.21. The van der Waals surface area contributed by atoms with Crippen LogP contribution in [-0.2, 0) is 0 Å². The molecular formula is C15H11FN2O2. The molecule has 100 valence electrons. The van der Waals surface area contributed by atoms with Crippen LogP contribution in [0.5, 0.6) is 0 Å². The summed E-state index contributed by atoms with van der Waals surface area (Å²) >= 11 is 0. The van der Waals surface area contributed by atoms with Crippen molar-refractivity contribution >= 4 is 17.3 Å². The third-order valence-corrected chi connectivity index (χ3v) is 2.91. The second-order valence-electron chi connectivity index (χ2n) is 4.19. The van der Waals surface area contributed by atoms with E-state index in [4.69, 9.17) is 10.4 Å². The molecule has 20 heavy (non-hydrogen) atoms. The predicted octanol–water partition coefficient (Wildman–Crippen LogP) is 3.16. The Morgan fingerprint density at radius 1 is 1.30 bits per heavy atom. The average Bonchev–Trinajstić information content (AvgIpc) is 2.46. The van der Waals surface area contributed by atoms with Gasteiger partial charge in [0.15, 0.2) is 0 Å². The molecule has 0 aliphatic heterocycles. The second kappa shape index (κ2) is 5.41. The molecule has 0 spiro atoms. The van der Waals surface area contributed by atoms with Gasteiger partial charge < -0.3 is 10.0 Å². The highest BCUT2D eigenvalue weighted by atomic mass is 19.1. The number of carboxylic acids is 1. The first-order valence-electron chi connectivity index (χ1n) is 5.79. The van der Waals surface area contributed by atoms with E-state index in [2.05, 4.69) is 0 Å². The van der Waals surface area contributed by atoms with E-state index in [1.165, 1.54) is 12.1 Å². The highest BCUT2D eigenvalue weighted by molar-refractivity contribution is 5.95. The van der Waals surface area contributed by atoms with Crippen LogP contribution >= 0.6 is 0 Å². The number of rotatable bonds is 3. The molecule has 5 heteroatoms. The van der Waals surface area contributed by atoms with Crippen LogP contribution in [0.15, 0.2) is 42.5 Å². The van der Waals surface area contributed by atoms with Crippen LogP contribution in [0.25, 0.3) is 0 Å². The maximum absolute atomic E-state index is 13.2. The van der Waals surface area contributed by atoms with Gasteiger partial charge in [0.25, 0.3) is 0 Å². The van der Waals surface area contributed by atoms with Gasteiger partial charge in [-0.25, -0.2) is 9.18 Å². The number of halogens is 1. The van der Waals surface area contributed by atoms with E-state index in [1.54, 1.807) is 36.2 Å². The van der Waals surface area contributed by atoms with Crippen LogP contribution in [0.2, 0.25) is 0 Å². The molecule has 0 saturated heterocycles. The van der Waals surface area contributed by atoms with Gasteiger partial charge in [0.2, 0.25) is 0 Å². The fraction of sp³-hybridized carbons (Fsp3) is 0.0667. The maximum Gasteiger partial charge on any atom is 0.337 e. The molecule has 0 unspecified atom stereocenters. The van der Waals surface area contributed by atoms with E-state index in [-0.39, 0.29) is 5.56 Å². The van der Waals surface area contributed by atoms with Crippen LogP contribution in [0.3, 0.4) is 0 Å². The summed E-state index contributed by atoms with van der Waals surface area (Å²) in [7, 11) is 1.66. The average molecular weight is 270 g/mol. The van der Waals surface area contributed by atoms with Crippen molar-refractivity contribution in [1.29, 1.82) is 5.26 Å². The van der Waals surface area contributed by atoms with Gasteiger partial charge in [0.1, 0.15) is 5.82 Å². The van der Waals surface area contributed by atoms with Crippen molar-refractivity contribution < 1.29 is 14.3 Å². The van der Waals surface area contributed by atoms with Crippen LogP contribution in [0.4, 0.5) is 15.8 Å². The van der Waals surface area contributed by atoms with Crippen molar-refractivity contribution in [3.05, 3.63) is 59.4 Å². The van der Waals surface area contributed by atoms with Crippen molar-refractivity contribution in [3.8, 4) is 6.07 Å². The number of nitrogens with zero attached hydrogens (tertiary/aromatic N) is 2. The lowest BCUT2D eigenvalue weighted by Crippen LogP contribution is -2.14. The molecule has 0 aliphatic rings. The fourth-order valence-electron chi connectivity index (χ4n) is 1.90. The second-order valence-corrected chi connectivity index (χ2v) is 4.19. The largest absolute Gasteiger partial charge is 0.478 e. The number of carbonyl (C=O) groups is 1. The molecule has 0 aliphatic carbocycles. The minimum absolute atomic E-state index is 0.130. The Kier molecular flexibility index (Phi) is 3.67. The summed E-state index contributed by atoms with van der Waals surface area (Å²) in [6.07, 6.45) is 0. The van der Waals surface area contributed by atoms with Crippen molar-refractivity contribution in [3.63, 3.8) is 0 Å². The number of aromatic carboxylic acids is 1. The third kappa shape index (κ3) is 2.59. The zero-order valence-electron chi connectivity index (χ0n) is 10.7. The number of benzene rings is 2. The fourth-order valence-corrected chi connectivity index (χ4v) is 1.90. The molecule has 0 bridgehead atoms. The molecule has 2 rings (SSSR count). The normalized spacial score (nSPS) is 9.85. The molecule has 0 heterocycles. The Morgan fingerprint density at radius 2 is 2.05 bits per heavy atom. The van der Waals surface area contributed by atoms with E-state index in [0.717, 1.165) is 6.07 Å². The van der Waals surface area contributed by atoms with Gasteiger partial charge in [-0.05, 0) is 36.4 Å². The number of hydrogen-bond acceptors (Lipinski definition) is 3. The minimum Gasteiger partial charge on any atom is -0.478 e. The summed E-state index contributed by atoms with van der Waals surface area (Å²) < 4.78 is 13.2. The highest BCUT2D eigenvalue weighted by Gasteiger charge is 2.15. The summed E-state index contributed by atoms with van der Waals surface area (Å²) in [5, 5.41) is 18.0. The topological polar surface area (TPSA) is 64.3 Å². The Bertz CT molecular complexity index is 707. The van der Waals surface area contributed by atoms with Gasteiger partial charge in [-0.2, -0.15) is 5.26 Å². The first-order valence-corrected chi connectivity index (χ1v) is 5.79. The standard InChI is InChI=1S/C15H11FN2O2/c1-18(12-4-2-3-10(7-12)9-17)14-6-5-11(16)8-13(14)15(19)20/h2-8H,1H3,(H,19,20). The van der Waals surface area contributed by atoms with E-state index >= 15 is 0 Å². The van der Waals surface area contributed by atoms with E-state index in [1.807, 2.05) is 6.07 Å². The van der Waals surface area contributed by atoms with Gasteiger partial charge in [0.05, 0.1) is 22.9 Å². The van der Waals surface area contributed by atoms with Crippen molar-refractivity contribution in [2.24, 2.45) is 0 Å². The molecule has 0 aromatic heterocycles. The molecule has 0 amide bonds. The molecule has 2 aromatic carbocycles. The van der Waals surface area contributed by atoms with E-state index in [9.17, 15) is 9.18 Å². The van der Waals surface area contributed by atoms with Gasteiger partial charge in [-0.15, -0.1) is 0 Å². The zero-order chi connectivity index (χ0) is 14.7. The van der Waals surface area contributed by atoms with Crippen molar-refractivity contribution in [2.45, 2.75) is 0 Å². The quantitative estimate of drug-likeness (QED) is 0.930. The van der Waals surface area contributed by atoms with Crippen LogP contribution in [0, 0.1) is 17.1 Å². The molecule has 1 N–H and O–H groups in total. The number of anilines is 2. The van der Waals surface area contributed by atoms with Gasteiger partial charge in [0, 0.05) is 12.7 Å². The predicted molar refractivity (Wildman–Crippen MR) is 72.6 cm³/mol. The lowest BCUT2D eigenvalue weighted by molar-refractivity contribution is 0.0697. The van der Waals surface area contributed by atoms with Crippen LogP contribution < -0.4 is 4.90 Å². The van der Waals surface area contributed by atoms with Crippen molar-refractivity contribution in [1.82, 2.24) is 0 Å². The summed E-state index contributed by atoms with van der Waals surface area (Å²) in [4.78, 5) is 12.8. The summed E-state index contributed by atoms with van der Waals surface area (Å²) in [5.41, 5.74) is 1.34. The number of hydrogen-bond donors (Lipinski definition) is 1. The first-order chi connectivity index (χ1) is 9.52. The number of nitriles is 1. The monoisotopic (exact) mass is 270 g/mol. The van der Waals surface area contributed by atoms with E-state index in [0.29, 0.717) is 16.9 Å². The van der Waals surface area contributed by atoms with Crippen LogP contribution in [0.1, 0.15) is 15.9 Å². The summed E-state index contributed by atoms with van der Waals surface area (Å²) in [5.74, 6) is -1.81. The Hall–Kier alpha value is -2.87. The molecular weight excluding hydrogens is 259 g/mol. The van der Waals surface area contributed by atoms with Gasteiger partial charge in [-0.3, -0.25) is 0 Å². The molecule has 0 saturated carbocycles.